The number of nitrogens with zero attached hydrogens (tertiary/aromatic N) is 3. The van der Waals surface area contributed by atoms with Crippen LogP contribution in [0.25, 0.3) is 0 Å². The number of hydrogen-bond acceptors (Lipinski definition) is 5. The second kappa shape index (κ2) is 5.58. The lowest BCUT2D eigenvalue weighted by Crippen LogP contribution is -2.36. The van der Waals surface area contributed by atoms with Gasteiger partial charge in [0.15, 0.2) is 0 Å². The van der Waals surface area contributed by atoms with Crippen molar-refractivity contribution in [2.75, 3.05) is 23.3 Å². The molecule has 0 saturated heterocycles. The first-order valence-electron chi connectivity index (χ1n) is 6.63. The zero-order valence-electron chi connectivity index (χ0n) is 11.3. The molecule has 1 aromatic heterocycles. The quantitative estimate of drug-likeness (QED) is 0.941. The Balaban J connectivity index is 1.71. The lowest BCUT2D eigenvalue weighted by atomic mass is 9.99. The molecule has 1 N–H and O–H groups in total. The predicted octanol–water partition coefficient (Wildman–Crippen LogP) is 2.24. The van der Waals surface area contributed by atoms with E-state index in [0.717, 1.165) is 19.4 Å². The van der Waals surface area contributed by atoms with Crippen LogP contribution in [-0.4, -0.2) is 29.2 Å². The Hall–Kier alpha value is -1.95. The number of amides is 1. The van der Waals surface area contributed by atoms with E-state index in [0.29, 0.717) is 11.7 Å². The fourth-order valence-electron chi connectivity index (χ4n) is 2.53. The lowest BCUT2D eigenvalue weighted by molar-refractivity contribution is -0.115. The van der Waals surface area contributed by atoms with E-state index < -0.39 is 0 Å². The largest absolute Gasteiger partial charge is 0.362 e. The van der Waals surface area contributed by atoms with E-state index in [2.05, 4.69) is 45.5 Å². The van der Waals surface area contributed by atoms with Crippen LogP contribution >= 0.6 is 11.3 Å². The highest BCUT2D eigenvalue weighted by molar-refractivity contribution is 7.13. The first-order chi connectivity index (χ1) is 9.72. The molecule has 104 valence electrons. The average molecular weight is 288 g/mol. The van der Waals surface area contributed by atoms with Crippen LogP contribution in [0.5, 0.6) is 0 Å². The van der Waals surface area contributed by atoms with Gasteiger partial charge in [0, 0.05) is 12.2 Å². The molecule has 20 heavy (non-hydrogen) atoms. The zero-order valence-corrected chi connectivity index (χ0v) is 12.1. The third-order valence-corrected chi connectivity index (χ3v) is 4.00. The Morgan fingerprint density at radius 2 is 2.40 bits per heavy atom. The smallest absolute Gasteiger partial charge is 0.245 e. The molecular formula is C14H16N4OS. The SMILES string of the molecule is Cc1ccc2c(c1)CCCN2CC(=O)Nc1nncs1. The average Bonchev–Trinajstić information content (AvgIpc) is 2.91. The van der Waals surface area contributed by atoms with Gasteiger partial charge in [0.05, 0.1) is 6.54 Å². The second-order valence-electron chi connectivity index (χ2n) is 4.95. The highest BCUT2D eigenvalue weighted by atomic mass is 32.1. The van der Waals surface area contributed by atoms with Crippen molar-refractivity contribution in [1.82, 2.24) is 10.2 Å². The minimum absolute atomic E-state index is 0.0461. The molecule has 2 aromatic rings. The summed E-state index contributed by atoms with van der Waals surface area (Å²) in [5, 5.41) is 10.9. The fourth-order valence-corrected chi connectivity index (χ4v) is 2.99. The molecule has 0 aliphatic carbocycles. The van der Waals surface area contributed by atoms with Gasteiger partial charge in [0.2, 0.25) is 11.0 Å². The van der Waals surface area contributed by atoms with Gasteiger partial charge in [-0.1, -0.05) is 29.0 Å². The summed E-state index contributed by atoms with van der Waals surface area (Å²) >= 11 is 1.33. The van der Waals surface area contributed by atoms with Crippen molar-refractivity contribution in [2.24, 2.45) is 0 Å². The van der Waals surface area contributed by atoms with Crippen molar-refractivity contribution in [2.45, 2.75) is 19.8 Å². The van der Waals surface area contributed by atoms with Crippen LogP contribution < -0.4 is 10.2 Å². The summed E-state index contributed by atoms with van der Waals surface area (Å²) in [6.07, 6.45) is 2.17. The number of anilines is 2. The topological polar surface area (TPSA) is 58.1 Å². The number of carbonyl (C=O) groups is 1. The summed E-state index contributed by atoms with van der Waals surface area (Å²) in [5.74, 6) is -0.0461. The summed E-state index contributed by atoms with van der Waals surface area (Å²) in [4.78, 5) is 14.2. The summed E-state index contributed by atoms with van der Waals surface area (Å²) in [5.41, 5.74) is 5.38. The lowest BCUT2D eigenvalue weighted by Gasteiger charge is -2.30. The van der Waals surface area contributed by atoms with Crippen LogP contribution in [0.15, 0.2) is 23.7 Å². The minimum atomic E-state index is -0.0461. The van der Waals surface area contributed by atoms with Crippen LogP contribution in [0.3, 0.4) is 0 Å². The Morgan fingerprint density at radius 3 is 3.20 bits per heavy atom. The van der Waals surface area contributed by atoms with Gasteiger partial charge >= 0.3 is 0 Å². The maximum Gasteiger partial charge on any atom is 0.245 e. The third kappa shape index (κ3) is 2.80. The maximum atomic E-state index is 12.0. The molecule has 0 fully saturated rings. The van der Waals surface area contributed by atoms with Gasteiger partial charge in [0.1, 0.15) is 5.51 Å². The van der Waals surface area contributed by atoms with Crippen LogP contribution in [0, 0.1) is 6.92 Å². The van der Waals surface area contributed by atoms with Crippen LogP contribution in [0.2, 0.25) is 0 Å². The second-order valence-corrected chi connectivity index (χ2v) is 5.78. The van der Waals surface area contributed by atoms with Gasteiger partial charge in [-0.15, -0.1) is 10.2 Å². The Morgan fingerprint density at radius 1 is 1.50 bits per heavy atom. The number of benzene rings is 1. The molecule has 0 bridgehead atoms. The van der Waals surface area contributed by atoms with E-state index in [9.17, 15) is 4.79 Å². The van der Waals surface area contributed by atoms with Gasteiger partial charge in [-0.25, -0.2) is 0 Å². The van der Waals surface area contributed by atoms with Crippen LogP contribution in [0.4, 0.5) is 10.8 Å². The van der Waals surface area contributed by atoms with Gasteiger partial charge in [-0.3, -0.25) is 10.1 Å². The molecule has 1 amide bonds. The summed E-state index contributed by atoms with van der Waals surface area (Å²) < 4.78 is 0. The summed E-state index contributed by atoms with van der Waals surface area (Å²) in [6, 6.07) is 6.42. The van der Waals surface area contributed by atoms with E-state index in [1.54, 1.807) is 5.51 Å². The molecule has 6 heteroatoms. The fraction of sp³-hybridized carbons (Fsp3) is 0.357. The van der Waals surface area contributed by atoms with Gasteiger partial charge in [0.25, 0.3) is 0 Å². The summed E-state index contributed by atoms with van der Waals surface area (Å²) in [6.45, 7) is 3.37. The number of hydrogen-bond donors (Lipinski definition) is 1. The normalized spacial score (nSPS) is 13.9. The molecule has 1 aliphatic rings. The van der Waals surface area contributed by atoms with Crippen LogP contribution in [-0.2, 0) is 11.2 Å². The maximum absolute atomic E-state index is 12.0. The minimum Gasteiger partial charge on any atom is -0.362 e. The van der Waals surface area contributed by atoms with E-state index in [-0.39, 0.29) is 5.91 Å². The number of aryl methyl sites for hydroxylation is 2. The zero-order chi connectivity index (χ0) is 13.9. The standard InChI is InChI=1S/C14H16N4OS/c1-10-4-5-12-11(7-10)3-2-6-18(12)8-13(19)16-14-17-15-9-20-14/h4-5,7,9H,2-3,6,8H2,1H3,(H,16,17,19). The number of fused-ring (bicyclic) bond motifs is 1. The summed E-state index contributed by atoms with van der Waals surface area (Å²) in [7, 11) is 0. The Labute approximate surface area is 121 Å². The van der Waals surface area contributed by atoms with Crippen LogP contribution in [0.1, 0.15) is 17.5 Å². The molecule has 5 nitrogen and oxygen atoms in total. The monoisotopic (exact) mass is 288 g/mol. The van der Waals surface area contributed by atoms with Crippen molar-refractivity contribution >= 4 is 28.1 Å². The first-order valence-corrected chi connectivity index (χ1v) is 7.51. The van der Waals surface area contributed by atoms with Crippen molar-refractivity contribution in [3.63, 3.8) is 0 Å². The number of aromatic nitrogens is 2. The Bertz CT molecular complexity index is 612. The van der Waals surface area contributed by atoms with Crippen molar-refractivity contribution in [3.05, 3.63) is 34.8 Å². The van der Waals surface area contributed by atoms with E-state index >= 15 is 0 Å². The Kier molecular flexibility index (Phi) is 3.64. The van der Waals surface area contributed by atoms with Gasteiger partial charge in [-0.2, -0.15) is 0 Å². The van der Waals surface area contributed by atoms with E-state index in [1.807, 2.05) is 0 Å². The molecular weight excluding hydrogens is 272 g/mol. The number of carbonyl (C=O) groups excluding carboxylic acids is 1. The first kappa shape index (κ1) is 13.1. The van der Waals surface area contributed by atoms with E-state index in [4.69, 9.17) is 0 Å². The highest BCUT2D eigenvalue weighted by Crippen LogP contribution is 2.27. The molecule has 1 aromatic carbocycles. The molecule has 0 radical (unpaired) electrons. The highest BCUT2D eigenvalue weighted by Gasteiger charge is 2.19. The molecule has 1 aliphatic heterocycles. The van der Waals surface area contributed by atoms with E-state index in [1.165, 1.54) is 28.2 Å². The number of nitrogens with one attached hydrogen (secondary N) is 1. The molecule has 0 spiro atoms. The molecule has 0 saturated carbocycles. The molecule has 3 rings (SSSR count). The van der Waals surface area contributed by atoms with Crippen molar-refractivity contribution < 1.29 is 4.79 Å². The van der Waals surface area contributed by atoms with Gasteiger partial charge in [-0.05, 0) is 31.4 Å². The number of rotatable bonds is 3. The predicted molar refractivity (Wildman–Crippen MR) is 80.3 cm³/mol. The molecule has 0 atom stereocenters. The molecule has 2 heterocycles. The van der Waals surface area contributed by atoms with Crippen molar-refractivity contribution in [3.8, 4) is 0 Å². The van der Waals surface area contributed by atoms with Crippen molar-refractivity contribution in [1.29, 1.82) is 0 Å². The molecule has 0 unspecified atom stereocenters. The third-order valence-electron chi connectivity index (χ3n) is 3.39. The van der Waals surface area contributed by atoms with Gasteiger partial charge < -0.3 is 4.90 Å².